The van der Waals surface area contributed by atoms with Crippen LogP contribution in [0.15, 0.2) is 12.3 Å². The zero-order valence-electron chi connectivity index (χ0n) is 16.5. The van der Waals surface area contributed by atoms with Gasteiger partial charge < -0.3 is 15.1 Å². The van der Waals surface area contributed by atoms with Gasteiger partial charge in [0.05, 0.1) is 6.04 Å². The van der Waals surface area contributed by atoms with Crippen LogP contribution >= 0.6 is 12.4 Å². The Morgan fingerprint density at radius 2 is 1.96 bits per heavy atom. The summed E-state index contributed by atoms with van der Waals surface area (Å²) in [6.07, 6.45) is 9.03. The first kappa shape index (κ1) is 21.1. The minimum atomic E-state index is 0. The first-order valence-electron chi connectivity index (χ1n) is 10.5. The summed E-state index contributed by atoms with van der Waals surface area (Å²) in [4.78, 5) is 28.8. The SMILES string of the molecule is Cl.O=C1CCCCN1CC1CCN(C(=O)c2ccn(C3CCCNC3)n2)CC1. The van der Waals surface area contributed by atoms with Crippen molar-refractivity contribution in [3.8, 4) is 0 Å². The molecule has 3 saturated heterocycles. The lowest BCUT2D eigenvalue weighted by Gasteiger charge is -2.36. The zero-order chi connectivity index (χ0) is 18.6. The van der Waals surface area contributed by atoms with E-state index in [4.69, 9.17) is 0 Å². The third-order valence-electron chi connectivity index (χ3n) is 6.27. The van der Waals surface area contributed by atoms with E-state index in [1.165, 1.54) is 0 Å². The molecule has 0 aromatic carbocycles. The van der Waals surface area contributed by atoms with Crippen LogP contribution < -0.4 is 5.32 Å². The molecule has 28 heavy (non-hydrogen) atoms. The number of aromatic nitrogens is 2. The molecular weight excluding hydrogens is 378 g/mol. The molecule has 4 rings (SSSR count). The number of nitrogens with one attached hydrogen (secondary N) is 1. The lowest BCUT2D eigenvalue weighted by Crippen LogP contribution is -2.44. The second-order valence-corrected chi connectivity index (χ2v) is 8.21. The maximum absolute atomic E-state index is 12.8. The summed E-state index contributed by atoms with van der Waals surface area (Å²) in [6, 6.07) is 2.21. The number of hydrogen-bond acceptors (Lipinski definition) is 4. The summed E-state index contributed by atoms with van der Waals surface area (Å²) in [5, 5.41) is 7.96. The van der Waals surface area contributed by atoms with Crippen LogP contribution in [0.4, 0.5) is 0 Å². The summed E-state index contributed by atoms with van der Waals surface area (Å²) < 4.78 is 1.95. The van der Waals surface area contributed by atoms with Crippen LogP contribution in [0.1, 0.15) is 61.5 Å². The normalized spacial score (nSPS) is 24.1. The number of rotatable bonds is 4. The maximum atomic E-state index is 12.8. The van der Waals surface area contributed by atoms with E-state index in [1.807, 2.05) is 26.7 Å². The van der Waals surface area contributed by atoms with Crippen molar-refractivity contribution in [3.63, 3.8) is 0 Å². The predicted molar refractivity (Wildman–Crippen MR) is 110 cm³/mol. The van der Waals surface area contributed by atoms with Crippen LogP contribution in [0.5, 0.6) is 0 Å². The molecule has 1 unspecified atom stereocenters. The van der Waals surface area contributed by atoms with Crippen molar-refractivity contribution in [2.75, 3.05) is 39.3 Å². The number of amides is 2. The Morgan fingerprint density at radius 3 is 2.68 bits per heavy atom. The second kappa shape index (κ2) is 9.74. The summed E-state index contributed by atoms with van der Waals surface area (Å²) in [6.45, 7) is 5.31. The first-order valence-corrected chi connectivity index (χ1v) is 10.5. The standard InChI is InChI=1S/C20H31N5O2.ClH/c26-19-5-1-2-10-24(19)15-16-6-11-23(12-7-16)20(27)18-8-13-25(22-18)17-4-3-9-21-14-17;/h8,13,16-17,21H,1-7,9-12,14-15H2;1H. The molecule has 8 heteroatoms. The molecule has 7 nitrogen and oxygen atoms in total. The van der Waals surface area contributed by atoms with Crippen molar-refractivity contribution in [2.24, 2.45) is 5.92 Å². The van der Waals surface area contributed by atoms with E-state index in [-0.39, 0.29) is 18.3 Å². The highest BCUT2D eigenvalue weighted by molar-refractivity contribution is 5.92. The molecule has 1 N–H and O–H groups in total. The fraction of sp³-hybridized carbons (Fsp3) is 0.750. The van der Waals surface area contributed by atoms with Crippen molar-refractivity contribution in [3.05, 3.63) is 18.0 Å². The number of nitrogens with zero attached hydrogens (tertiary/aromatic N) is 4. The Morgan fingerprint density at radius 1 is 1.14 bits per heavy atom. The number of carbonyl (C=O) groups is 2. The Bertz CT molecular complexity index is 665. The zero-order valence-corrected chi connectivity index (χ0v) is 17.3. The number of halogens is 1. The quantitative estimate of drug-likeness (QED) is 0.826. The molecule has 3 aliphatic heterocycles. The molecule has 1 aromatic rings. The van der Waals surface area contributed by atoms with Gasteiger partial charge in [0.25, 0.3) is 5.91 Å². The van der Waals surface area contributed by atoms with E-state index in [0.717, 1.165) is 77.8 Å². The number of piperidine rings is 3. The van der Waals surface area contributed by atoms with E-state index in [9.17, 15) is 9.59 Å². The third kappa shape index (κ3) is 4.87. The Hall–Kier alpha value is -1.60. The van der Waals surface area contributed by atoms with Gasteiger partial charge >= 0.3 is 0 Å². The van der Waals surface area contributed by atoms with Crippen LogP contribution in [0.2, 0.25) is 0 Å². The Kier molecular flexibility index (Phi) is 7.35. The van der Waals surface area contributed by atoms with E-state index in [0.29, 0.717) is 30.0 Å². The minimum Gasteiger partial charge on any atom is -0.342 e. The van der Waals surface area contributed by atoms with Gasteiger partial charge in [0.1, 0.15) is 5.69 Å². The lowest BCUT2D eigenvalue weighted by molar-refractivity contribution is -0.134. The molecule has 1 aromatic heterocycles. The van der Waals surface area contributed by atoms with Gasteiger partial charge in [0.2, 0.25) is 5.91 Å². The number of hydrogen-bond donors (Lipinski definition) is 1. The van der Waals surface area contributed by atoms with Gasteiger partial charge in [-0.3, -0.25) is 14.3 Å². The number of likely N-dealkylation sites (tertiary alicyclic amines) is 2. The van der Waals surface area contributed by atoms with Crippen molar-refractivity contribution >= 4 is 24.2 Å². The van der Waals surface area contributed by atoms with Crippen LogP contribution in [-0.2, 0) is 4.79 Å². The fourth-order valence-electron chi connectivity index (χ4n) is 4.56. The largest absolute Gasteiger partial charge is 0.342 e. The van der Waals surface area contributed by atoms with Crippen LogP contribution in [0.3, 0.4) is 0 Å². The van der Waals surface area contributed by atoms with E-state index < -0.39 is 0 Å². The molecule has 156 valence electrons. The van der Waals surface area contributed by atoms with Crippen molar-refractivity contribution in [1.29, 1.82) is 0 Å². The molecular formula is C20H32ClN5O2. The monoisotopic (exact) mass is 409 g/mol. The van der Waals surface area contributed by atoms with Gasteiger partial charge in [-0.15, -0.1) is 12.4 Å². The first-order chi connectivity index (χ1) is 13.2. The second-order valence-electron chi connectivity index (χ2n) is 8.21. The van der Waals surface area contributed by atoms with Crippen molar-refractivity contribution in [2.45, 2.75) is 51.0 Å². The van der Waals surface area contributed by atoms with Crippen LogP contribution in [-0.4, -0.2) is 70.7 Å². The van der Waals surface area contributed by atoms with Crippen LogP contribution in [0.25, 0.3) is 0 Å². The van der Waals surface area contributed by atoms with Crippen molar-refractivity contribution < 1.29 is 9.59 Å². The minimum absolute atomic E-state index is 0. The van der Waals surface area contributed by atoms with E-state index >= 15 is 0 Å². The molecule has 3 aliphatic rings. The highest BCUT2D eigenvalue weighted by Gasteiger charge is 2.28. The topological polar surface area (TPSA) is 70.5 Å². The Balaban J connectivity index is 0.00000225. The molecule has 3 fully saturated rings. The molecule has 0 radical (unpaired) electrons. The third-order valence-corrected chi connectivity index (χ3v) is 6.27. The molecule has 2 amide bonds. The van der Waals surface area contributed by atoms with Gasteiger partial charge in [0.15, 0.2) is 0 Å². The smallest absolute Gasteiger partial charge is 0.274 e. The van der Waals surface area contributed by atoms with Crippen molar-refractivity contribution in [1.82, 2.24) is 24.9 Å². The highest BCUT2D eigenvalue weighted by atomic mass is 35.5. The van der Waals surface area contributed by atoms with Gasteiger partial charge in [-0.05, 0) is 57.1 Å². The average molecular weight is 410 g/mol. The van der Waals surface area contributed by atoms with Crippen LogP contribution in [0, 0.1) is 5.92 Å². The van der Waals surface area contributed by atoms with Gasteiger partial charge in [0, 0.05) is 45.3 Å². The van der Waals surface area contributed by atoms with Gasteiger partial charge in [-0.25, -0.2) is 0 Å². The maximum Gasteiger partial charge on any atom is 0.274 e. The summed E-state index contributed by atoms with van der Waals surface area (Å²) in [5.41, 5.74) is 0.560. The predicted octanol–water partition coefficient (Wildman–Crippen LogP) is 2.09. The molecule has 0 saturated carbocycles. The molecule has 4 heterocycles. The summed E-state index contributed by atoms with van der Waals surface area (Å²) in [7, 11) is 0. The molecule has 1 atom stereocenters. The van der Waals surface area contributed by atoms with E-state index in [2.05, 4.69) is 10.4 Å². The molecule has 0 aliphatic carbocycles. The lowest BCUT2D eigenvalue weighted by atomic mass is 9.95. The Labute approximate surface area is 173 Å². The summed E-state index contributed by atoms with van der Waals surface area (Å²) >= 11 is 0. The molecule has 0 bridgehead atoms. The number of carbonyl (C=O) groups excluding carboxylic acids is 2. The molecule has 0 spiro atoms. The fourth-order valence-corrected chi connectivity index (χ4v) is 4.56. The highest BCUT2D eigenvalue weighted by Crippen LogP contribution is 2.22. The summed E-state index contributed by atoms with van der Waals surface area (Å²) in [5.74, 6) is 0.870. The van der Waals surface area contributed by atoms with Gasteiger partial charge in [-0.2, -0.15) is 5.10 Å². The average Bonchev–Trinajstić information content (AvgIpc) is 3.21. The van der Waals surface area contributed by atoms with E-state index in [1.54, 1.807) is 0 Å². The van der Waals surface area contributed by atoms with Gasteiger partial charge in [-0.1, -0.05) is 0 Å².